The molecule has 0 atom stereocenters. The first-order valence-corrected chi connectivity index (χ1v) is 10.0. The molecule has 0 fully saturated rings. The Labute approximate surface area is 189 Å². The summed E-state index contributed by atoms with van der Waals surface area (Å²) in [4.78, 5) is 11.9. The molecule has 0 aromatic heterocycles. The van der Waals surface area contributed by atoms with Crippen molar-refractivity contribution in [2.45, 2.75) is 6.61 Å². The Balaban J connectivity index is 1.49. The summed E-state index contributed by atoms with van der Waals surface area (Å²) in [6, 6.07) is 20.1. The molecule has 3 aromatic carbocycles. The lowest BCUT2D eigenvalue weighted by Crippen LogP contribution is -2.24. The van der Waals surface area contributed by atoms with E-state index in [9.17, 15) is 4.79 Å². The topological polar surface area (TPSA) is 59.9 Å². The highest BCUT2D eigenvalue weighted by atomic mass is 35.5. The number of carbonyl (C=O) groups excluding carboxylic acids is 1. The maximum absolute atomic E-state index is 11.9. The normalized spacial score (nSPS) is 10.8. The summed E-state index contributed by atoms with van der Waals surface area (Å²) in [5, 5.41) is 4.77. The molecule has 1 N–H and O–H groups in total. The van der Waals surface area contributed by atoms with Crippen molar-refractivity contribution in [1.29, 1.82) is 0 Å². The van der Waals surface area contributed by atoms with Crippen LogP contribution in [-0.2, 0) is 11.4 Å². The third-order valence-electron chi connectivity index (χ3n) is 3.84. The number of nitrogens with zero attached hydrogens (tertiary/aromatic N) is 1. The average molecular weight is 464 g/mol. The van der Waals surface area contributed by atoms with E-state index in [0.29, 0.717) is 17.4 Å². The summed E-state index contributed by atoms with van der Waals surface area (Å²) in [5.41, 5.74) is 4.23. The van der Waals surface area contributed by atoms with Crippen LogP contribution >= 0.6 is 34.8 Å². The number of ether oxygens (including phenoxy) is 2. The Morgan fingerprint density at radius 1 is 0.900 bits per heavy atom. The lowest BCUT2D eigenvalue weighted by molar-refractivity contribution is -0.123. The van der Waals surface area contributed by atoms with E-state index < -0.39 is 5.91 Å². The molecule has 5 nitrogen and oxygen atoms in total. The van der Waals surface area contributed by atoms with Crippen molar-refractivity contribution in [2.24, 2.45) is 5.10 Å². The molecule has 0 aliphatic heterocycles. The molecular weight excluding hydrogens is 447 g/mol. The predicted molar refractivity (Wildman–Crippen MR) is 120 cm³/mol. The number of amides is 1. The zero-order chi connectivity index (χ0) is 21.3. The molecular formula is C22H17Cl3N2O3. The Kier molecular flexibility index (Phi) is 7.97. The van der Waals surface area contributed by atoms with Crippen molar-refractivity contribution in [1.82, 2.24) is 5.43 Å². The van der Waals surface area contributed by atoms with E-state index in [4.69, 9.17) is 44.3 Å². The Bertz CT molecular complexity index is 1040. The summed E-state index contributed by atoms with van der Waals surface area (Å²) in [7, 11) is 0. The van der Waals surface area contributed by atoms with Crippen molar-refractivity contribution in [3.05, 3.63) is 92.9 Å². The standard InChI is InChI=1S/C22H17Cl3N2O3/c23-18-10-20(25)21(11-19(18)24)30-14-22(28)27-26-12-16-7-4-8-17(9-16)29-13-15-5-2-1-3-6-15/h1-12H,13-14H2,(H,27,28)/b26-12+. The molecule has 0 spiro atoms. The van der Waals surface area contributed by atoms with Gasteiger partial charge in [-0.15, -0.1) is 0 Å². The van der Waals surface area contributed by atoms with Crippen LogP contribution in [0.5, 0.6) is 11.5 Å². The maximum atomic E-state index is 11.9. The van der Waals surface area contributed by atoms with Crippen LogP contribution in [0.2, 0.25) is 15.1 Å². The molecule has 0 heterocycles. The minimum atomic E-state index is -0.454. The molecule has 3 aromatic rings. The molecule has 8 heteroatoms. The van der Waals surface area contributed by atoms with Crippen LogP contribution in [0.3, 0.4) is 0 Å². The van der Waals surface area contributed by atoms with Crippen LogP contribution in [0.15, 0.2) is 71.8 Å². The maximum Gasteiger partial charge on any atom is 0.277 e. The number of hydrogen-bond donors (Lipinski definition) is 1. The van der Waals surface area contributed by atoms with Gasteiger partial charge in [0, 0.05) is 6.07 Å². The van der Waals surface area contributed by atoms with E-state index in [1.54, 1.807) is 0 Å². The molecule has 0 radical (unpaired) electrons. The molecule has 0 aliphatic rings. The molecule has 0 unspecified atom stereocenters. The Hall–Kier alpha value is -2.73. The van der Waals surface area contributed by atoms with Gasteiger partial charge in [-0.2, -0.15) is 5.10 Å². The summed E-state index contributed by atoms with van der Waals surface area (Å²) in [6.45, 7) is 0.183. The minimum Gasteiger partial charge on any atom is -0.489 e. The lowest BCUT2D eigenvalue weighted by Gasteiger charge is -2.08. The van der Waals surface area contributed by atoms with Gasteiger partial charge < -0.3 is 9.47 Å². The highest BCUT2D eigenvalue weighted by Gasteiger charge is 2.09. The van der Waals surface area contributed by atoms with Gasteiger partial charge in [0.15, 0.2) is 6.61 Å². The number of carbonyl (C=O) groups is 1. The van der Waals surface area contributed by atoms with Gasteiger partial charge >= 0.3 is 0 Å². The average Bonchev–Trinajstić information content (AvgIpc) is 2.75. The van der Waals surface area contributed by atoms with E-state index >= 15 is 0 Å². The number of halogens is 3. The molecule has 154 valence electrons. The van der Waals surface area contributed by atoms with Gasteiger partial charge in [-0.05, 0) is 29.3 Å². The van der Waals surface area contributed by atoms with Crippen LogP contribution in [0.25, 0.3) is 0 Å². The van der Waals surface area contributed by atoms with E-state index in [0.717, 1.165) is 11.1 Å². The molecule has 0 aliphatic carbocycles. The summed E-state index contributed by atoms with van der Waals surface area (Å²) < 4.78 is 11.1. The second-order valence-electron chi connectivity index (χ2n) is 6.13. The number of hydrogen-bond acceptors (Lipinski definition) is 4. The van der Waals surface area contributed by atoms with Crippen molar-refractivity contribution in [3.8, 4) is 11.5 Å². The quantitative estimate of drug-likeness (QED) is 0.263. The van der Waals surface area contributed by atoms with Gasteiger partial charge in [-0.3, -0.25) is 4.79 Å². The second kappa shape index (κ2) is 10.9. The molecule has 1 amide bonds. The monoisotopic (exact) mass is 462 g/mol. The van der Waals surface area contributed by atoms with Crippen LogP contribution in [-0.4, -0.2) is 18.7 Å². The lowest BCUT2D eigenvalue weighted by atomic mass is 10.2. The zero-order valence-corrected chi connectivity index (χ0v) is 17.9. The number of benzene rings is 3. The fourth-order valence-corrected chi connectivity index (χ4v) is 2.99. The fourth-order valence-electron chi connectivity index (χ4n) is 2.39. The zero-order valence-electron chi connectivity index (χ0n) is 15.6. The van der Waals surface area contributed by atoms with E-state index in [-0.39, 0.29) is 22.4 Å². The smallest absolute Gasteiger partial charge is 0.277 e. The highest BCUT2D eigenvalue weighted by Crippen LogP contribution is 2.33. The summed E-state index contributed by atoms with van der Waals surface area (Å²) >= 11 is 17.8. The van der Waals surface area contributed by atoms with Crippen molar-refractivity contribution < 1.29 is 14.3 Å². The molecule has 0 saturated heterocycles. The number of hydrazone groups is 1. The predicted octanol–water partition coefficient (Wildman–Crippen LogP) is 5.75. The van der Waals surface area contributed by atoms with Crippen molar-refractivity contribution in [2.75, 3.05) is 6.61 Å². The van der Waals surface area contributed by atoms with Crippen molar-refractivity contribution in [3.63, 3.8) is 0 Å². The molecule has 0 bridgehead atoms. The second-order valence-corrected chi connectivity index (χ2v) is 7.35. The minimum absolute atomic E-state index is 0.257. The van der Waals surface area contributed by atoms with Gasteiger partial charge in [0.1, 0.15) is 18.1 Å². The first-order valence-electron chi connectivity index (χ1n) is 8.87. The third kappa shape index (κ3) is 6.66. The van der Waals surface area contributed by atoms with Gasteiger partial charge in [0.05, 0.1) is 21.3 Å². The van der Waals surface area contributed by atoms with Gasteiger partial charge in [-0.1, -0.05) is 77.3 Å². The first kappa shape index (κ1) is 22.0. The van der Waals surface area contributed by atoms with E-state index in [2.05, 4.69) is 10.5 Å². The van der Waals surface area contributed by atoms with Gasteiger partial charge in [0.2, 0.25) is 0 Å². The fraction of sp³-hybridized carbons (Fsp3) is 0.0909. The SMILES string of the molecule is O=C(COc1cc(Cl)c(Cl)cc1Cl)N/N=C/c1cccc(OCc2ccccc2)c1. The third-order valence-corrected chi connectivity index (χ3v) is 4.86. The Morgan fingerprint density at radius 3 is 2.47 bits per heavy atom. The van der Waals surface area contributed by atoms with Crippen molar-refractivity contribution >= 4 is 46.9 Å². The van der Waals surface area contributed by atoms with Crippen LogP contribution < -0.4 is 14.9 Å². The number of rotatable bonds is 8. The van der Waals surface area contributed by atoms with E-state index in [1.807, 2.05) is 54.6 Å². The van der Waals surface area contributed by atoms with Crippen LogP contribution in [0.4, 0.5) is 0 Å². The Morgan fingerprint density at radius 2 is 1.67 bits per heavy atom. The van der Waals surface area contributed by atoms with E-state index in [1.165, 1.54) is 18.3 Å². The van der Waals surface area contributed by atoms with Gasteiger partial charge in [0.25, 0.3) is 5.91 Å². The molecule has 3 rings (SSSR count). The summed E-state index contributed by atoms with van der Waals surface area (Å²) in [5.74, 6) is 0.505. The van der Waals surface area contributed by atoms with Crippen LogP contribution in [0, 0.1) is 0 Å². The number of nitrogens with one attached hydrogen (secondary N) is 1. The summed E-state index contributed by atoms with van der Waals surface area (Å²) in [6.07, 6.45) is 1.51. The van der Waals surface area contributed by atoms with Gasteiger partial charge in [-0.25, -0.2) is 5.43 Å². The molecule has 30 heavy (non-hydrogen) atoms. The molecule has 0 saturated carbocycles. The highest BCUT2D eigenvalue weighted by molar-refractivity contribution is 6.43. The largest absolute Gasteiger partial charge is 0.489 e. The first-order chi connectivity index (χ1) is 14.5. The van der Waals surface area contributed by atoms with Crippen LogP contribution in [0.1, 0.15) is 11.1 Å².